The van der Waals surface area contributed by atoms with E-state index in [0.717, 1.165) is 0 Å². The van der Waals surface area contributed by atoms with Gasteiger partial charge in [0, 0.05) is 18.6 Å². The first-order valence-corrected chi connectivity index (χ1v) is 10.5. The number of pyridine rings is 1. The van der Waals surface area contributed by atoms with Crippen molar-refractivity contribution in [1.29, 1.82) is 0 Å². The molecule has 2 N–H and O–H groups in total. The van der Waals surface area contributed by atoms with Crippen molar-refractivity contribution in [2.75, 3.05) is 7.05 Å². The molecule has 0 radical (unpaired) electrons. The number of nitrogens with zero attached hydrogens (tertiary/aromatic N) is 1. The monoisotopic (exact) mass is 406 g/mol. The van der Waals surface area contributed by atoms with Crippen LogP contribution in [0.5, 0.6) is 0 Å². The van der Waals surface area contributed by atoms with Gasteiger partial charge < -0.3 is 18.1 Å². The largest absolute Gasteiger partial charge is 1.00 e. The van der Waals surface area contributed by atoms with Gasteiger partial charge in [-0.25, -0.2) is 4.57 Å². The number of aromatic nitrogens is 1. The molecule has 0 amide bonds. The lowest BCUT2D eigenvalue weighted by atomic mass is 10.0. The van der Waals surface area contributed by atoms with E-state index >= 15 is 0 Å². The molecule has 2 nitrogen and oxygen atoms in total. The maximum Gasteiger partial charge on any atom is 0.168 e. The topological polar surface area (TPSA) is 29.9 Å². The van der Waals surface area contributed by atoms with Gasteiger partial charge in [-0.1, -0.05) is 90.0 Å². The molecule has 1 aromatic rings. The summed E-state index contributed by atoms with van der Waals surface area (Å²) in [5.41, 5.74) is 4.50. The molecule has 4 heteroatoms. The van der Waals surface area contributed by atoms with Crippen molar-refractivity contribution >= 4 is 12.4 Å². The number of hydrogen-bond acceptors (Lipinski definition) is 1. The zero-order valence-corrected chi connectivity index (χ0v) is 18.9. The Hall–Kier alpha value is -0.310. The SMILES string of the molecule is CCCCCCCCCCCCCCCC[n+]1ccccc1.CN.Cl.[Cl-]. The van der Waals surface area contributed by atoms with E-state index in [9.17, 15) is 0 Å². The second-order valence-corrected chi connectivity index (χ2v) is 6.71. The van der Waals surface area contributed by atoms with Crippen molar-refractivity contribution in [1.82, 2.24) is 0 Å². The van der Waals surface area contributed by atoms with Gasteiger partial charge in [0.05, 0.1) is 0 Å². The minimum atomic E-state index is 0. The summed E-state index contributed by atoms with van der Waals surface area (Å²) in [5.74, 6) is 0. The van der Waals surface area contributed by atoms with E-state index in [1.54, 1.807) is 0 Å². The second kappa shape index (κ2) is 26.9. The molecule has 0 spiro atoms. The minimum absolute atomic E-state index is 0. The van der Waals surface area contributed by atoms with E-state index in [0.29, 0.717) is 0 Å². The molecule has 0 fully saturated rings. The number of nitrogens with two attached hydrogens (primary N) is 1. The van der Waals surface area contributed by atoms with Crippen LogP contribution in [0, 0.1) is 0 Å². The van der Waals surface area contributed by atoms with E-state index in [2.05, 4.69) is 47.8 Å². The normalized spacial score (nSPS) is 9.50. The Morgan fingerprint density at radius 2 is 0.923 bits per heavy atom. The Kier molecular flexibility index (Phi) is 31.5. The molecule has 0 saturated heterocycles. The number of unbranched alkanes of at least 4 members (excludes halogenated alkanes) is 13. The van der Waals surface area contributed by atoms with Gasteiger partial charge in [-0.15, -0.1) is 12.4 Å². The molecule has 1 heterocycles. The summed E-state index contributed by atoms with van der Waals surface area (Å²) < 4.78 is 2.29. The maximum absolute atomic E-state index is 4.50. The molecule has 0 aromatic carbocycles. The number of aryl methyl sites for hydroxylation is 1. The average molecular weight is 408 g/mol. The van der Waals surface area contributed by atoms with Crippen LogP contribution < -0.4 is 22.7 Å². The highest BCUT2D eigenvalue weighted by molar-refractivity contribution is 5.85. The highest BCUT2D eigenvalue weighted by Crippen LogP contribution is 2.12. The summed E-state index contributed by atoms with van der Waals surface area (Å²) in [7, 11) is 1.50. The molecule has 0 atom stereocenters. The predicted molar refractivity (Wildman–Crippen MR) is 114 cm³/mol. The van der Waals surface area contributed by atoms with E-state index in [-0.39, 0.29) is 24.8 Å². The highest BCUT2D eigenvalue weighted by Gasteiger charge is 1.98. The van der Waals surface area contributed by atoms with Crippen molar-refractivity contribution in [3.63, 3.8) is 0 Å². The quantitative estimate of drug-likeness (QED) is 0.350. The van der Waals surface area contributed by atoms with Crippen molar-refractivity contribution in [2.24, 2.45) is 5.73 Å². The molecule has 0 aliphatic rings. The van der Waals surface area contributed by atoms with Gasteiger partial charge in [-0.2, -0.15) is 0 Å². The van der Waals surface area contributed by atoms with Crippen molar-refractivity contribution in [3.8, 4) is 0 Å². The third kappa shape index (κ3) is 21.7. The van der Waals surface area contributed by atoms with Crippen LogP contribution in [0.4, 0.5) is 0 Å². The summed E-state index contributed by atoms with van der Waals surface area (Å²) in [6, 6.07) is 6.31. The molecular formula is C22H44Cl2N2. The molecule has 0 aliphatic heterocycles. The van der Waals surface area contributed by atoms with Gasteiger partial charge in [0.2, 0.25) is 0 Å². The Balaban J connectivity index is -0.00000127. The maximum atomic E-state index is 4.50. The van der Waals surface area contributed by atoms with E-state index in [1.165, 1.54) is 103 Å². The summed E-state index contributed by atoms with van der Waals surface area (Å²) in [4.78, 5) is 0. The Bertz CT molecular complexity index is 334. The first-order valence-electron chi connectivity index (χ1n) is 10.5. The lowest BCUT2D eigenvalue weighted by molar-refractivity contribution is -0.697. The molecule has 0 unspecified atom stereocenters. The van der Waals surface area contributed by atoms with Crippen LogP contribution in [0.1, 0.15) is 96.8 Å². The van der Waals surface area contributed by atoms with Crippen molar-refractivity contribution in [3.05, 3.63) is 30.6 Å². The fraction of sp³-hybridized carbons (Fsp3) is 0.773. The van der Waals surface area contributed by atoms with Gasteiger partial charge in [0.1, 0.15) is 6.54 Å². The summed E-state index contributed by atoms with van der Waals surface area (Å²) in [6.07, 6.45) is 24.4. The van der Waals surface area contributed by atoms with Crippen LogP contribution in [0.15, 0.2) is 30.6 Å². The van der Waals surface area contributed by atoms with Crippen molar-refractivity contribution < 1.29 is 17.0 Å². The van der Waals surface area contributed by atoms with Gasteiger partial charge in [-0.3, -0.25) is 0 Å². The van der Waals surface area contributed by atoms with Crippen LogP contribution in [0.3, 0.4) is 0 Å². The summed E-state index contributed by atoms with van der Waals surface area (Å²) in [6.45, 7) is 3.47. The zero-order valence-electron chi connectivity index (χ0n) is 17.3. The van der Waals surface area contributed by atoms with Crippen LogP contribution in [0.25, 0.3) is 0 Å². The number of rotatable bonds is 15. The predicted octanol–water partition coefficient (Wildman–Crippen LogP) is 3.46. The van der Waals surface area contributed by atoms with Gasteiger partial charge >= 0.3 is 0 Å². The van der Waals surface area contributed by atoms with E-state index < -0.39 is 0 Å². The van der Waals surface area contributed by atoms with Crippen molar-refractivity contribution in [2.45, 2.75) is 103 Å². The van der Waals surface area contributed by atoms with Gasteiger partial charge in [-0.05, 0) is 13.5 Å². The average Bonchev–Trinajstić information content (AvgIpc) is 2.64. The van der Waals surface area contributed by atoms with Gasteiger partial charge in [0.15, 0.2) is 12.4 Å². The fourth-order valence-electron chi connectivity index (χ4n) is 3.07. The standard InChI is InChI=1S/C21H38N.CH5N.2ClH/c1-2-3-4-5-6-7-8-9-10-11-12-13-14-16-19-22-20-17-15-18-21-22;1-2;;/h15,17-18,20-21H,2-14,16,19H2,1H3;2H2,1H3;2*1H/q+1;;;/p-1. The molecule has 1 aromatic heterocycles. The lowest BCUT2D eigenvalue weighted by Gasteiger charge is -2.02. The molecule has 26 heavy (non-hydrogen) atoms. The van der Waals surface area contributed by atoms with Crippen LogP contribution in [-0.2, 0) is 6.54 Å². The highest BCUT2D eigenvalue weighted by atomic mass is 35.5. The van der Waals surface area contributed by atoms with Crippen LogP contribution >= 0.6 is 12.4 Å². The third-order valence-electron chi connectivity index (χ3n) is 4.55. The molecular weight excluding hydrogens is 363 g/mol. The Labute approximate surface area is 176 Å². The van der Waals surface area contributed by atoms with E-state index in [4.69, 9.17) is 0 Å². The first kappa shape index (κ1) is 30.4. The summed E-state index contributed by atoms with van der Waals surface area (Å²) in [5, 5.41) is 0. The smallest absolute Gasteiger partial charge is 0.168 e. The van der Waals surface area contributed by atoms with Gasteiger partial charge in [0.25, 0.3) is 0 Å². The molecule has 0 bridgehead atoms. The first-order chi connectivity index (χ1) is 11.9. The molecule has 0 aliphatic carbocycles. The molecule has 0 saturated carbocycles. The third-order valence-corrected chi connectivity index (χ3v) is 4.55. The molecule has 156 valence electrons. The van der Waals surface area contributed by atoms with E-state index in [1.807, 2.05) is 0 Å². The number of hydrogen-bond donors (Lipinski definition) is 1. The fourth-order valence-corrected chi connectivity index (χ4v) is 3.07. The van der Waals surface area contributed by atoms with Crippen LogP contribution in [0.2, 0.25) is 0 Å². The second-order valence-electron chi connectivity index (χ2n) is 6.71. The molecule has 1 rings (SSSR count). The zero-order chi connectivity index (χ0) is 17.7. The summed E-state index contributed by atoms with van der Waals surface area (Å²) >= 11 is 0. The number of halogens is 2. The Morgan fingerprint density at radius 3 is 1.31 bits per heavy atom. The lowest BCUT2D eigenvalue weighted by Crippen LogP contribution is -3.00. The minimum Gasteiger partial charge on any atom is -1.00 e. The Morgan fingerprint density at radius 1 is 0.577 bits per heavy atom. The van der Waals surface area contributed by atoms with Crippen LogP contribution in [-0.4, -0.2) is 7.05 Å².